The van der Waals surface area contributed by atoms with Gasteiger partial charge in [-0.3, -0.25) is 4.79 Å². The van der Waals surface area contributed by atoms with Crippen molar-refractivity contribution in [3.8, 4) is 0 Å². The standard InChI is InChI=1S/C17H24N2OS/c1-13-9-11-16(12-10-13)21-14(2)17(20)19-18-15-7-5-3-4-6-8-15/h9-12,14H,3-8H2,1-2H3,(H,19,20)/t14-/m0/s1. The number of carbonyl (C=O) groups is 1. The molecular weight excluding hydrogens is 280 g/mol. The summed E-state index contributed by atoms with van der Waals surface area (Å²) in [5.74, 6) is -0.0164. The topological polar surface area (TPSA) is 41.5 Å². The Labute approximate surface area is 131 Å². The summed E-state index contributed by atoms with van der Waals surface area (Å²) < 4.78 is 0. The fourth-order valence-electron chi connectivity index (χ4n) is 2.35. The van der Waals surface area contributed by atoms with Crippen LogP contribution in [-0.2, 0) is 4.79 Å². The molecule has 1 atom stereocenters. The first-order valence-electron chi connectivity index (χ1n) is 7.74. The molecule has 2 rings (SSSR count). The van der Waals surface area contributed by atoms with E-state index in [1.807, 2.05) is 6.92 Å². The van der Waals surface area contributed by atoms with E-state index in [0.717, 1.165) is 23.4 Å². The van der Waals surface area contributed by atoms with Crippen molar-refractivity contribution in [1.29, 1.82) is 0 Å². The summed E-state index contributed by atoms with van der Waals surface area (Å²) in [5.41, 5.74) is 5.12. The maximum Gasteiger partial charge on any atom is 0.253 e. The lowest BCUT2D eigenvalue weighted by molar-refractivity contribution is -0.120. The first kappa shape index (κ1) is 16.1. The molecule has 4 heteroatoms. The van der Waals surface area contributed by atoms with Crippen LogP contribution in [-0.4, -0.2) is 16.9 Å². The van der Waals surface area contributed by atoms with Crippen molar-refractivity contribution in [3.63, 3.8) is 0 Å². The van der Waals surface area contributed by atoms with Crippen LogP contribution in [0.25, 0.3) is 0 Å². The van der Waals surface area contributed by atoms with Gasteiger partial charge in [-0.1, -0.05) is 30.5 Å². The normalized spacial score (nSPS) is 17.0. The van der Waals surface area contributed by atoms with Crippen LogP contribution in [0.5, 0.6) is 0 Å². The summed E-state index contributed by atoms with van der Waals surface area (Å²) >= 11 is 1.57. The zero-order chi connectivity index (χ0) is 15.1. The number of hydrogen-bond donors (Lipinski definition) is 1. The van der Waals surface area contributed by atoms with Crippen LogP contribution in [0.15, 0.2) is 34.3 Å². The van der Waals surface area contributed by atoms with E-state index in [4.69, 9.17) is 0 Å². The lowest BCUT2D eigenvalue weighted by Gasteiger charge is -2.10. The van der Waals surface area contributed by atoms with Crippen molar-refractivity contribution >= 4 is 23.4 Å². The highest BCUT2D eigenvalue weighted by atomic mass is 32.2. The van der Waals surface area contributed by atoms with Gasteiger partial charge in [0.15, 0.2) is 0 Å². The molecule has 0 bridgehead atoms. The molecule has 0 spiro atoms. The highest BCUT2D eigenvalue weighted by Gasteiger charge is 2.14. The van der Waals surface area contributed by atoms with Gasteiger partial charge in [0, 0.05) is 10.6 Å². The number of hydrogen-bond acceptors (Lipinski definition) is 3. The number of hydrazone groups is 1. The first-order chi connectivity index (χ1) is 10.1. The van der Waals surface area contributed by atoms with Crippen molar-refractivity contribution in [1.82, 2.24) is 5.43 Å². The fraction of sp³-hybridized carbons (Fsp3) is 0.529. The van der Waals surface area contributed by atoms with Gasteiger partial charge in [-0.05, 0) is 51.7 Å². The van der Waals surface area contributed by atoms with E-state index in [-0.39, 0.29) is 11.2 Å². The third-order valence-electron chi connectivity index (χ3n) is 3.71. The van der Waals surface area contributed by atoms with Gasteiger partial charge in [0.25, 0.3) is 5.91 Å². The van der Waals surface area contributed by atoms with Gasteiger partial charge in [0.2, 0.25) is 0 Å². The van der Waals surface area contributed by atoms with E-state index in [2.05, 4.69) is 41.7 Å². The average molecular weight is 304 g/mol. The van der Waals surface area contributed by atoms with Gasteiger partial charge in [0.05, 0.1) is 5.25 Å². The first-order valence-corrected chi connectivity index (χ1v) is 8.62. The van der Waals surface area contributed by atoms with Gasteiger partial charge < -0.3 is 0 Å². The molecule has 0 saturated heterocycles. The predicted molar refractivity (Wildman–Crippen MR) is 89.8 cm³/mol. The van der Waals surface area contributed by atoms with Crippen LogP contribution in [0, 0.1) is 6.92 Å². The van der Waals surface area contributed by atoms with Crippen molar-refractivity contribution in [2.75, 3.05) is 0 Å². The fourth-order valence-corrected chi connectivity index (χ4v) is 3.21. The van der Waals surface area contributed by atoms with Crippen molar-refractivity contribution in [2.45, 2.75) is 62.5 Å². The number of amides is 1. The van der Waals surface area contributed by atoms with Crippen LogP contribution in [0.4, 0.5) is 0 Å². The number of rotatable bonds is 4. The molecular formula is C17H24N2OS. The van der Waals surface area contributed by atoms with E-state index >= 15 is 0 Å². The molecule has 1 N–H and O–H groups in total. The minimum Gasteiger partial charge on any atom is -0.272 e. The minimum atomic E-state index is -0.136. The summed E-state index contributed by atoms with van der Waals surface area (Å²) in [6.07, 6.45) is 7.02. The molecule has 1 fully saturated rings. The molecule has 0 radical (unpaired) electrons. The Morgan fingerprint density at radius 2 is 1.76 bits per heavy atom. The molecule has 1 aliphatic carbocycles. The largest absolute Gasteiger partial charge is 0.272 e. The van der Waals surface area contributed by atoms with Crippen LogP contribution < -0.4 is 5.43 Å². The van der Waals surface area contributed by atoms with Gasteiger partial charge in [-0.15, -0.1) is 11.8 Å². The Bertz CT molecular complexity index is 486. The molecule has 1 saturated carbocycles. The molecule has 114 valence electrons. The molecule has 0 heterocycles. The van der Waals surface area contributed by atoms with Crippen LogP contribution in [0.3, 0.4) is 0 Å². The Hall–Kier alpha value is -1.29. The molecule has 1 aromatic carbocycles. The lowest BCUT2D eigenvalue weighted by atomic mass is 10.2. The van der Waals surface area contributed by atoms with Crippen LogP contribution in [0.2, 0.25) is 0 Å². The predicted octanol–water partition coefficient (Wildman–Crippen LogP) is 4.30. The number of carbonyl (C=O) groups excluding carboxylic acids is 1. The van der Waals surface area contributed by atoms with Crippen LogP contribution >= 0.6 is 11.8 Å². The molecule has 0 aromatic heterocycles. The summed E-state index contributed by atoms with van der Waals surface area (Å²) in [6, 6.07) is 8.25. The van der Waals surface area contributed by atoms with Gasteiger partial charge in [0.1, 0.15) is 0 Å². The zero-order valence-corrected chi connectivity index (χ0v) is 13.7. The maximum absolute atomic E-state index is 12.1. The molecule has 1 aromatic rings. The SMILES string of the molecule is Cc1ccc(S[C@@H](C)C(=O)NN=C2CCCCCC2)cc1. The zero-order valence-electron chi connectivity index (χ0n) is 12.9. The van der Waals surface area contributed by atoms with E-state index in [1.165, 1.54) is 31.2 Å². The molecule has 3 nitrogen and oxygen atoms in total. The number of aryl methyl sites for hydroxylation is 1. The smallest absolute Gasteiger partial charge is 0.253 e. The highest BCUT2D eigenvalue weighted by Crippen LogP contribution is 2.23. The third kappa shape index (κ3) is 5.54. The Balaban J connectivity index is 1.84. The Morgan fingerprint density at radius 1 is 1.14 bits per heavy atom. The quantitative estimate of drug-likeness (QED) is 0.512. The lowest BCUT2D eigenvalue weighted by Crippen LogP contribution is -2.27. The van der Waals surface area contributed by atoms with Crippen molar-refractivity contribution in [2.24, 2.45) is 5.10 Å². The van der Waals surface area contributed by atoms with Crippen molar-refractivity contribution in [3.05, 3.63) is 29.8 Å². The minimum absolute atomic E-state index is 0.0164. The molecule has 0 unspecified atom stereocenters. The number of thioether (sulfide) groups is 1. The summed E-state index contributed by atoms with van der Waals surface area (Å²) in [5, 5.41) is 4.19. The van der Waals surface area contributed by atoms with E-state index in [9.17, 15) is 4.79 Å². The Kier molecular flexibility index (Phi) is 6.30. The molecule has 0 aliphatic heterocycles. The summed E-state index contributed by atoms with van der Waals surface area (Å²) in [7, 11) is 0. The second-order valence-electron chi connectivity index (χ2n) is 5.64. The molecule has 1 aliphatic rings. The van der Waals surface area contributed by atoms with Gasteiger partial charge >= 0.3 is 0 Å². The average Bonchev–Trinajstić information content (AvgIpc) is 2.75. The Morgan fingerprint density at radius 3 is 2.38 bits per heavy atom. The second kappa shape index (κ2) is 8.23. The summed E-state index contributed by atoms with van der Waals surface area (Å²) in [6.45, 7) is 3.99. The monoisotopic (exact) mass is 304 g/mol. The molecule has 21 heavy (non-hydrogen) atoms. The van der Waals surface area contributed by atoms with Gasteiger partial charge in [-0.2, -0.15) is 5.10 Å². The van der Waals surface area contributed by atoms with Crippen LogP contribution in [0.1, 0.15) is 51.0 Å². The number of nitrogens with zero attached hydrogens (tertiary/aromatic N) is 1. The van der Waals surface area contributed by atoms with Crippen molar-refractivity contribution < 1.29 is 4.79 Å². The van der Waals surface area contributed by atoms with E-state index < -0.39 is 0 Å². The maximum atomic E-state index is 12.1. The van der Waals surface area contributed by atoms with E-state index in [0.29, 0.717) is 0 Å². The van der Waals surface area contributed by atoms with E-state index in [1.54, 1.807) is 11.8 Å². The highest BCUT2D eigenvalue weighted by molar-refractivity contribution is 8.00. The second-order valence-corrected chi connectivity index (χ2v) is 7.06. The molecule has 1 amide bonds. The third-order valence-corrected chi connectivity index (χ3v) is 4.82. The van der Waals surface area contributed by atoms with Gasteiger partial charge in [-0.25, -0.2) is 5.43 Å². The summed E-state index contributed by atoms with van der Waals surface area (Å²) in [4.78, 5) is 13.2. The number of benzene rings is 1. The number of nitrogens with one attached hydrogen (secondary N) is 1.